The van der Waals surface area contributed by atoms with Crippen LogP contribution in [0.5, 0.6) is 0 Å². The molecule has 0 amide bonds. The summed E-state index contributed by atoms with van der Waals surface area (Å²) >= 11 is 0. The van der Waals surface area contributed by atoms with Crippen molar-refractivity contribution >= 4 is 43.6 Å². The lowest BCUT2D eigenvalue weighted by Gasteiger charge is -2.20. The summed E-state index contributed by atoms with van der Waals surface area (Å²) in [5, 5.41) is 14.9. The maximum Gasteiger partial charge on any atom is 0.416 e. The maximum atomic E-state index is 14.9. The molecule has 10 aromatic carbocycles. The third kappa shape index (κ3) is 8.70. The number of fused-ring (bicyclic) bond motifs is 6. The Morgan fingerprint density at radius 3 is 1.12 bits per heavy atom. The fraction of sp³-hybridized carbons (Fsp3) is 0.0290. The predicted molar refractivity (Wildman–Crippen MR) is 314 cm³/mol. The van der Waals surface area contributed by atoms with Crippen LogP contribution in [0.15, 0.2) is 237 Å². The zero-order valence-electron chi connectivity index (χ0n) is 43.2. The van der Waals surface area contributed by atoms with E-state index >= 15 is 0 Å². The van der Waals surface area contributed by atoms with Crippen LogP contribution in [0.2, 0.25) is 0 Å². The highest BCUT2D eigenvalue weighted by Crippen LogP contribution is 2.44. The molecule has 0 spiro atoms. The molecule has 14 aromatic rings. The molecule has 4 aromatic heterocycles. The van der Waals surface area contributed by atoms with Gasteiger partial charge in [0.15, 0.2) is 34.9 Å². The van der Waals surface area contributed by atoms with Crippen molar-refractivity contribution in [3.05, 3.63) is 253 Å². The number of hydrogen-bond acceptors (Lipinski definition) is 7. The van der Waals surface area contributed by atoms with E-state index in [1.165, 1.54) is 6.07 Å². The summed E-state index contributed by atoms with van der Waals surface area (Å²) in [6.45, 7) is 1.67. The molecule has 0 aliphatic heterocycles. The molecule has 4 heterocycles. The van der Waals surface area contributed by atoms with E-state index in [0.717, 1.165) is 83.1 Å². The lowest BCUT2D eigenvalue weighted by atomic mass is 9.96. The fourth-order valence-electron chi connectivity index (χ4n) is 11.0. The van der Waals surface area contributed by atoms with Crippen LogP contribution in [-0.4, -0.2) is 39.0 Å². The van der Waals surface area contributed by atoms with Crippen LogP contribution in [0.4, 0.5) is 13.2 Å². The first-order valence-corrected chi connectivity index (χ1v) is 26.2. The van der Waals surface area contributed by atoms with Crippen LogP contribution in [0, 0.1) is 18.3 Å². The van der Waals surface area contributed by atoms with Crippen molar-refractivity contribution in [1.29, 1.82) is 5.26 Å². The van der Waals surface area contributed by atoms with Crippen LogP contribution in [0.1, 0.15) is 16.7 Å². The second kappa shape index (κ2) is 19.5. The number of benzene rings is 10. The van der Waals surface area contributed by atoms with Gasteiger partial charge < -0.3 is 9.13 Å². The average Bonchev–Trinajstić information content (AvgIpc) is 4.25. The molecule has 9 nitrogen and oxygen atoms in total. The zero-order chi connectivity index (χ0) is 54.8. The highest BCUT2D eigenvalue weighted by atomic mass is 19.4. The lowest BCUT2D eigenvalue weighted by Crippen LogP contribution is -2.07. The molecular formula is C69H42F3N9. The number of para-hydroxylation sites is 2. The van der Waals surface area contributed by atoms with Gasteiger partial charge in [0.2, 0.25) is 0 Å². The van der Waals surface area contributed by atoms with Gasteiger partial charge in [0.1, 0.15) is 6.07 Å². The van der Waals surface area contributed by atoms with Gasteiger partial charge in [0, 0.05) is 60.5 Å². The molecular weight excluding hydrogens is 1010 g/mol. The number of alkyl halides is 3. The van der Waals surface area contributed by atoms with Crippen molar-refractivity contribution in [2.45, 2.75) is 13.1 Å². The number of aromatic nitrogens is 8. The second-order valence-electron chi connectivity index (χ2n) is 19.8. The van der Waals surface area contributed by atoms with E-state index in [1.807, 2.05) is 209 Å². The molecule has 81 heavy (non-hydrogen) atoms. The Kier molecular flexibility index (Phi) is 11.7. The molecule has 0 radical (unpaired) electrons. The van der Waals surface area contributed by atoms with E-state index < -0.39 is 11.7 Å². The maximum absolute atomic E-state index is 14.9. The van der Waals surface area contributed by atoms with Gasteiger partial charge >= 0.3 is 6.18 Å². The lowest BCUT2D eigenvalue weighted by molar-refractivity contribution is -0.137. The van der Waals surface area contributed by atoms with Gasteiger partial charge in [-0.1, -0.05) is 164 Å². The number of aryl methyl sites for hydroxylation is 1. The first-order chi connectivity index (χ1) is 39.6. The van der Waals surface area contributed by atoms with Crippen molar-refractivity contribution in [2.24, 2.45) is 0 Å². The molecule has 0 fully saturated rings. The first-order valence-electron chi connectivity index (χ1n) is 26.2. The smallest absolute Gasteiger partial charge is 0.309 e. The number of hydrogen-bond donors (Lipinski definition) is 0. The summed E-state index contributed by atoms with van der Waals surface area (Å²) in [5.74, 6) is 3.05. The molecule has 0 aliphatic carbocycles. The molecule has 0 bridgehead atoms. The number of nitriles is 1. The van der Waals surface area contributed by atoms with Gasteiger partial charge in [-0.3, -0.25) is 0 Å². The summed E-state index contributed by atoms with van der Waals surface area (Å²) in [7, 11) is 0. The Balaban J connectivity index is 0.984. The van der Waals surface area contributed by atoms with E-state index in [4.69, 9.17) is 29.9 Å². The Hall–Kier alpha value is -10.9. The molecule has 0 saturated carbocycles. The van der Waals surface area contributed by atoms with Gasteiger partial charge in [0.05, 0.1) is 44.6 Å². The van der Waals surface area contributed by atoms with E-state index in [-0.39, 0.29) is 0 Å². The molecule has 0 saturated heterocycles. The normalized spacial score (nSPS) is 11.7. The zero-order valence-corrected chi connectivity index (χ0v) is 43.2. The van der Waals surface area contributed by atoms with Crippen LogP contribution in [-0.2, 0) is 6.18 Å². The van der Waals surface area contributed by atoms with Crippen molar-refractivity contribution in [3.8, 4) is 96.9 Å². The third-order valence-corrected chi connectivity index (χ3v) is 14.7. The quantitative estimate of drug-likeness (QED) is 0.142. The number of rotatable bonds is 9. The van der Waals surface area contributed by atoms with Crippen molar-refractivity contribution in [3.63, 3.8) is 0 Å². The van der Waals surface area contributed by atoms with Crippen LogP contribution < -0.4 is 0 Å². The molecule has 12 heteroatoms. The molecule has 0 aliphatic rings. The Morgan fingerprint density at radius 1 is 0.346 bits per heavy atom. The average molecular weight is 1050 g/mol. The highest BCUT2D eigenvalue weighted by Gasteiger charge is 2.32. The third-order valence-electron chi connectivity index (χ3n) is 14.7. The summed E-state index contributed by atoms with van der Waals surface area (Å²) in [4.78, 5) is 29.9. The number of nitrogens with zero attached hydrogens (tertiary/aromatic N) is 9. The minimum Gasteiger partial charge on any atom is -0.309 e. The highest BCUT2D eigenvalue weighted by molar-refractivity contribution is 6.12. The molecule has 0 atom stereocenters. The SMILES string of the molecule is Cc1cc(-c2cc(-n3c4ccccc4c4cc(-c5nc(-c6ccccc6)nc(-c6ccccc6)n5)ccc43)c(C#N)cc2-n2c3ccccc3c3cc(-c4nc(-c5ccccc5)nc(-c5ccccc5)n4)ccc32)cc(C(F)(F)F)c1. The van der Waals surface area contributed by atoms with E-state index in [9.17, 15) is 18.4 Å². The van der Waals surface area contributed by atoms with Gasteiger partial charge in [-0.15, -0.1) is 0 Å². The largest absolute Gasteiger partial charge is 0.416 e. The summed E-state index contributed by atoms with van der Waals surface area (Å²) < 4.78 is 48.9. The summed E-state index contributed by atoms with van der Waals surface area (Å²) in [6, 6.07) is 77.3. The van der Waals surface area contributed by atoms with Gasteiger partial charge in [-0.2, -0.15) is 18.4 Å². The second-order valence-corrected chi connectivity index (χ2v) is 19.8. The van der Waals surface area contributed by atoms with Crippen LogP contribution in [0.25, 0.3) is 134 Å². The van der Waals surface area contributed by atoms with E-state index in [1.54, 1.807) is 19.1 Å². The topological polar surface area (TPSA) is 111 Å². The molecule has 0 unspecified atom stereocenters. The molecule has 384 valence electrons. The van der Waals surface area contributed by atoms with E-state index in [0.29, 0.717) is 68.6 Å². The standard InChI is InChI=1S/C69H42F3N9/c1-42-34-49(36-51(35-42)69(70,71)72)54-40-61(80-57-28-16-14-26-52(57)55-37-47(30-32-59(55)80)67-76-63(43-18-6-2-7-19-43)74-64(77-67)44-20-8-3-9-21-44)50(41-73)39-62(54)81-58-29-17-15-27-53(58)56-38-48(31-33-60(56)81)68-78-65(45-22-10-4-11-23-45)75-66(79-68)46-24-12-5-13-25-46/h2-40H,1H3. The summed E-state index contributed by atoms with van der Waals surface area (Å²) in [6.07, 6.45) is -4.64. The van der Waals surface area contributed by atoms with Gasteiger partial charge in [-0.25, -0.2) is 29.9 Å². The van der Waals surface area contributed by atoms with Crippen LogP contribution in [0.3, 0.4) is 0 Å². The Labute approximate surface area is 462 Å². The molecule has 14 rings (SSSR count). The van der Waals surface area contributed by atoms with Crippen molar-refractivity contribution in [1.82, 2.24) is 39.0 Å². The van der Waals surface area contributed by atoms with Crippen molar-refractivity contribution < 1.29 is 13.2 Å². The minimum atomic E-state index is -4.64. The van der Waals surface area contributed by atoms with E-state index in [2.05, 4.69) is 18.2 Å². The van der Waals surface area contributed by atoms with Gasteiger partial charge in [0.25, 0.3) is 0 Å². The first kappa shape index (κ1) is 48.5. The fourth-order valence-corrected chi connectivity index (χ4v) is 11.0. The number of halogens is 3. The molecule has 0 N–H and O–H groups in total. The monoisotopic (exact) mass is 1050 g/mol. The summed E-state index contributed by atoms with van der Waals surface area (Å²) in [5.41, 5.74) is 9.73. The Morgan fingerprint density at radius 2 is 0.716 bits per heavy atom. The van der Waals surface area contributed by atoms with Crippen molar-refractivity contribution in [2.75, 3.05) is 0 Å². The minimum absolute atomic E-state index is 0.302. The Bertz CT molecular complexity index is 4700. The van der Waals surface area contributed by atoms with Gasteiger partial charge in [-0.05, 0) is 90.8 Å². The van der Waals surface area contributed by atoms with Crippen LogP contribution >= 0.6 is 0 Å². The predicted octanol–water partition coefficient (Wildman–Crippen LogP) is 17.1.